The minimum Gasteiger partial charge on any atom is -0.451 e. The molecule has 3 rings (SSSR count). The van der Waals surface area contributed by atoms with E-state index in [0.29, 0.717) is 38.4 Å². The minimum absolute atomic E-state index is 0.169. The van der Waals surface area contributed by atoms with Crippen LogP contribution in [0.25, 0.3) is 11.0 Å². The molecule has 0 unspecified atom stereocenters. The van der Waals surface area contributed by atoms with Crippen molar-refractivity contribution in [2.24, 2.45) is 0 Å². The Kier molecular flexibility index (Phi) is 5.63. The molecule has 8 nitrogen and oxygen atoms in total. The van der Waals surface area contributed by atoms with Gasteiger partial charge in [0.2, 0.25) is 5.91 Å². The first-order valence-corrected chi connectivity index (χ1v) is 8.99. The van der Waals surface area contributed by atoms with E-state index in [0.717, 1.165) is 5.39 Å². The summed E-state index contributed by atoms with van der Waals surface area (Å²) in [6, 6.07) is 8.29. The summed E-state index contributed by atoms with van der Waals surface area (Å²) in [5.74, 6) is -0.455. The number of hydrogen-bond donors (Lipinski definition) is 1. The Hall–Kier alpha value is -3.03. The number of hydrogen-bond acceptors (Lipinski definition) is 5. The first-order valence-electron chi connectivity index (χ1n) is 8.99. The van der Waals surface area contributed by atoms with E-state index >= 15 is 0 Å². The van der Waals surface area contributed by atoms with Crippen molar-refractivity contribution < 1.29 is 23.5 Å². The van der Waals surface area contributed by atoms with Crippen LogP contribution in [0.2, 0.25) is 0 Å². The highest BCUT2D eigenvalue weighted by Gasteiger charge is 2.28. The summed E-state index contributed by atoms with van der Waals surface area (Å²) in [6.07, 6.45) is -0.365. The molecular formula is C19H23N3O5. The molecule has 1 atom stereocenters. The Morgan fingerprint density at radius 3 is 2.48 bits per heavy atom. The molecule has 0 bridgehead atoms. The Balaban J connectivity index is 1.54. The van der Waals surface area contributed by atoms with Crippen LogP contribution in [-0.2, 0) is 9.53 Å². The third-order valence-electron chi connectivity index (χ3n) is 4.48. The number of nitrogens with zero attached hydrogens (tertiary/aromatic N) is 2. The summed E-state index contributed by atoms with van der Waals surface area (Å²) >= 11 is 0. The van der Waals surface area contributed by atoms with Crippen molar-refractivity contribution in [1.29, 1.82) is 0 Å². The lowest BCUT2D eigenvalue weighted by Crippen LogP contribution is -2.55. The van der Waals surface area contributed by atoms with Crippen LogP contribution in [-0.4, -0.2) is 66.5 Å². The van der Waals surface area contributed by atoms with E-state index in [-0.39, 0.29) is 17.8 Å². The molecule has 1 saturated heterocycles. The first kappa shape index (κ1) is 18.8. The average Bonchev–Trinajstić information content (AvgIpc) is 3.12. The molecular weight excluding hydrogens is 350 g/mol. The maximum Gasteiger partial charge on any atom is 0.409 e. The van der Waals surface area contributed by atoms with Gasteiger partial charge in [-0.1, -0.05) is 18.2 Å². The predicted octanol–water partition coefficient (Wildman–Crippen LogP) is 1.85. The molecule has 0 radical (unpaired) electrons. The number of piperazine rings is 1. The number of amides is 3. The number of carbonyl (C=O) groups is 3. The fourth-order valence-corrected chi connectivity index (χ4v) is 3.02. The SMILES string of the molecule is CCOC(=O)N1CCN(C(=O)[C@@H](C)NC(=O)c2cc3ccccc3o2)CC1. The molecule has 1 aliphatic heterocycles. The van der Waals surface area contributed by atoms with Gasteiger partial charge in [-0.3, -0.25) is 9.59 Å². The molecule has 1 aromatic carbocycles. The lowest BCUT2D eigenvalue weighted by atomic mass is 10.2. The smallest absolute Gasteiger partial charge is 0.409 e. The number of carbonyl (C=O) groups excluding carboxylic acids is 3. The van der Waals surface area contributed by atoms with Crippen LogP contribution in [0, 0.1) is 0 Å². The molecule has 144 valence electrons. The molecule has 27 heavy (non-hydrogen) atoms. The second-order valence-corrected chi connectivity index (χ2v) is 6.35. The maximum atomic E-state index is 12.6. The Labute approximate surface area is 157 Å². The minimum atomic E-state index is -0.695. The summed E-state index contributed by atoms with van der Waals surface area (Å²) in [5.41, 5.74) is 0.622. The van der Waals surface area contributed by atoms with Gasteiger partial charge in [-0.15, -0.1) is 0 Å². The van der Waals surface area contributed by atoms with E-state index in [2.05, 4.69) is 5.32 Å². The summed E-state index contributed by atoms with van der Waals surface area (Å²) in [7, 11) is 0. The largest absolute Gasteiger partial charge is 0.451 e. The molecule has 0 spiro atoms. The molecule has 1 N–H and O–H groups in total. The topological polar surface area (TPSA) is 92.1 Å². The number of nitrogens with one attached hydrogen (secondary N) is 1. The van der Waals surface area contributed by atoms with E-state index in [4.69, 9.17) is 9.15 Å². The van der Waals surface area contributed by atoms with Gasteiger partial charge < -0.3 is 24.3 Å². The average molecular weight is 373 g/mol. The van der Waals surface area contributed by atoms with Crippen molar-refractivity contribution in [1.82, 2.24) is 15.1 Å². The monoisotopic (exact) mass is 373 g/mol. The van der Waals surface area contributed by atoms with Gasteiger partial charge >= 0.3 is 6.09 Å². The number of benzene rings is 1. The van der Waals surface area contributed by atoms with E-state index in [1.165, 1.54) is 0 Å². The number of para-hydroxylation sites is 1. The summed E-state index contributed by atoms with van der Waals surface area (Å²) in [4.78, 5) is 39.9. The first-order chi connectivity index (χ1) is 13.0. The number of fused-ring (bicyclic) bond motifs is 1. The third kappa shape index (κ3) is 4.21. The predicted molar refractivity (Wildman–Crippen MR) is 98.3 cm³/mol. The fraction of sp³-hybridized carbons (Fsp3) is 0.421. The van der Waals surface area contributed by atoms with Crippen LogP contribution < -0.4 is 5.32 Å². The quantitative estimate of drug-likeness (QED) is 0.883. The van der Waals surface area contributed by atoms with Crippen LogP contribution in [0.1, 0.15) is 24.4 Å². The highest BCUT2D eigenvalue weighted by Crippen LogP contribution is 2.18. The van der Waals surface area contributed by atoms with E-state index in [1.54, 1.807) is 35.8 Å². The molecule has 1 aliphatic rings. The molecule has 8 heteroatoms. The molecule has 3 amide bonds. The second-order valence-electron chi connectivity index (χ2n) is 6.35. The van der Waals surface area contributed by atoms with Crippen molar-refractivity contribution >= 4 is 28.9 Å². The zero-order valence-corrected chi connectivity index (χ0v) is 15.4. The highest BCUT2D eigenvalue weighted by atomic mass is 16.6. The maximum absolute atomic E-state index is 12.6. The van der Waals surface area contributed by atoms with Crippen LogP contribution in [0.15, 0.2) is 34.7 Å². The second kappa shape index (κ2) is 8.11. The van der Waals surface area contributed by atoms with Gasteiger partial charge in [0.25, 0.3) is 5.91 Å². The molecule has 1 aromatic heterocycles. The van der Waals surface area contributed by atoms with Crippen LogP contribution in [0.5, 0.6) is 0 Å². The Bertz CT molecular complexity index is 806. The lowest BCUT2D eigenvalue weighted by Gasteiger charge is -2.35. The Morgan fingerprint density at radius 1 is 1.15 bits per heavy atom. The Morgan fingerprint density at radius 2 is 1.81 bits per heavy atom. The van der Waals surface area contributed by atoms with Crippen molar-refractivity contribution in [3.63, 3.8) is 0 Å². The number of rotatable bonds is 4. The van der Waals surface area contributed by atoms with E-state index in [1.807, 2.05) is 18.2 Å². The third-order valence-corrected chi connectivity index (χ3v) is 4.48. The van der Waals surface area contributed by atoms with Gasteiger partial charge in [0.1, 0.15) is 11.6 Å². The van der Waals surface area contributed by atoms with Crippen LogP contribution in [0.4, 0.5) is 4.79 Å². The van der Waals surface area contributed by atoms with Crippen molar-refractivity contribution in [2.45, 2.75) is 19.9 Å². The molecule has 0 saturated carbocycles. The lowest BCUT2D eigenvalue weighted by molar-refractivity contribution is -0.134. The van der Waals surface area contributed by atoms with Gasteiger partial charge in [-0.25, -0.2) is 4.79 Å². The molecule has 1 fully saturated rings. The summed E-state index contributed by atoms with van der Waals surface area (Å²) in [6.45, 7) is 5.35. The van der Waals surface area contributed by atoms with Crippen molar-refractivity contribution in [3.8, 4) is 0 Å². The van der Waals surface area contributed by atoms with Gasteiger partial charge in [0.05, 0.1) is 6.61 Å². The van der Waals surface area contributed by atoms with Gasteiger partial charge in [-0.05, 0) is 26.0 Å². The zero-order chi connectivity index (χ0) is 19.4. The number of furan rings is 1. The molecule has 2 aromatic rings. The standard InChI is InChI=1S/C19H23N3O5/c1-3-26-19(25)22-10-8-21(9-11-22)18(24)13(2)20-17(23)16-12-14-6-4-5-7-15(14)27-16/h4-7,12-13H,3,8-11H2,1-2H3,(H,20,23)/t13-/m1/s1. The summed E-state index contributed by atoms with van der Waals surface area (Å²) < 4.78 is 10.5. The van der Waals surface area contributed by atoms with Gasteiger partial charge in [-0.2, -0.15) is 0 Å². The molecule has 0 aliphatic carbocycles. The summed E-state index contributed by atoms with van der Waals surface area (Å²) in [5, 5.41) is 3.51. The highest BCUT2D eigenvalue weighted by molar-refractivity contribution is 5.98. The van der Waals surface area contributed by atoms with E-state index < -0.39 is 11.9 Å². The zero-order valence-electron chi connectivity index (χ0n) is 15.4. The normalized spacial score (nSPS) is 15.5. The van der Waals surface area contributed by atoms with Crippen LogP contribution >= 0.6 is 0 Å². The van der Waals surface area contributed by atoms with E-state index in [9.17, 15) is 14.4 Å². The number of ether oxygens (including phenoxy) is 1. The molecule has 2 heterocycles. The van der Waals surface area contributed by atoms with Crippen molar-refractivity contribution in [2.75, 3.05) is 32.8 Å². The van der Waals surface area contributed by atoms with Crippen LogP contribution in [0.3, 0.4) is 0 Å². The fourth-order valence-electron chi connectivity index (χ4n) is 3.02. The van der Waals surface area contributed by atoms with Gasteiger partial charge in [0, 0.05) is 31.6 Å². The van der Waals surface area contributed by atoms with Crippen molar-refractivity contribution in [3.05, 3.63) is 36.1 Å². The van der Waals surface area contributed by atoms with Gasteiger partial charge in [0.15, 0.2) is 5.76 Å².